The van der Waals surface area contributed by atoms with E-state index in [1.54, 1.807) is 17.0 Å². The van der Waals surface area contributed by atoms with E-state index in [1.165, 1.54) is 11.8 Å². The second-order valence-corrected chi connectivity index (χ2v) is 9.19. The third-order valence-corrected chi connectivity index (χ3v) is 6.46. The van der Waals surface area contributed by atoms with Gasteiger partial charge in [0.15, 0.2) is 11.5 Å². The van der Waals surface area contributed by atoms with Crippen LogP contribution in [-0.4, -0.2) is 41.5 Å². The summed E-state index contributed by atoms with van der Waals surface area (Å²) in [6.07, 6.45) is 1.78. The Bertz CT molecular complexity index is 1030. The minimum atomic E-state index is -0.0967. The molecule has 0 radical (unpaired) electrons. The van der Waals surface area contributed by atoms with Crippen LogP contribution in [0.4, 0.5) is 0 Å². The molecule has 0 spiro atoms. The summed E-state index contributed by atoms with van der Waals surface area (Å²) < 4.78 is 18.1. The number of nitrogens with zero attached hydrogens (tertiary/aromatic N) is 1. The third kappa shape index (κ3) is 5.57. The van der Waals surface area contributed by atoms with Crippen LogP contribution in [0.3, 0.4) is 0 Å². The highest BCUT2D eigenvalue weighted by atomic mass is 35.5. The zero-order valence-corrected chi connectivity index (χ0v) is 21.0. The van der Waals surface area contributed by atoms with Gasteiger partial charge in [0.1, 0.15) is 23.3 Å². The second kappa shape index (κ2) is 11.1. The molecule has 0 atom stereocenters. The fraction of sp³-hybridized carbons (Fsp3) is 0.333. The van der Waals surface area contributed by atoms with Crippen LogP contribution in [0.25, 0.3) is 6.08 Å². The SMILES string of the molecule is CCOc1cc(/C=C2\SC(=S)N(CC)C2=O)cc(Cl)c1OCCOc1c(C)cccc1C. The normalized spacial score (nSPS) is 14.9. The number of ether oxygens (including phenoxy) is 3. The minimum Gasteiger partial charge on any atom is -0.490 e. The van der Waals surface area contributed by atoms with Crippen LogP contribution in [0, 0.1) is 13.8 Å². The van der Waals surface area contributed by atoms with E-state index in [9.17, 15) is 4.79 Å². The van der Waals surface area contributed by atoms with Crippen LogP contribution < -0.4 is 14.2 Å². The van der Waals surface area contributed by atoms with Crippen molar-refractivity contribution in [1.29, 1.82) is 0 Å². The molecule has 1 aliphatic heterocycles. The molecule has 1 heterocycles. The fourth-order valence-corrected chi connectivity index (χ4v) is 4.97. The van der Waals surface area contributed by atoms with Gasteiger partial charge in [-0.05, 0) is 62.6 Å². The Morgan fingerprint density at radius 3 is 2.31 bits per heavy atom. The molecular weight excluding hydrogens is 466 g/mol. The molecule has 2 aromatic carbocycles. The number of aryl methyl sites for hydroxylation is 2. The maximum absolute atomic E-state index is 12.5. The number of para-hydroxylation sites is 1. The number of likely N-dealkylation sites (N-methyl/N-ethyl adjacent to an activating group) is 1. The summed E-state index contributed by atoms with van der Waals surface area (Å²) in [4.78, 5) is 14.6. The summed E-state index contributed by atoms with van der Waals surface area (Å²) >= 11 is 13.1. The fourth-order valence-electron chi connectivity index (χ4n) is 3.31. The predicted octanol–water partition coefficient (Wildman–Crippen LogP) is 6.03. The number of hydrogen-bond donors (Lipinski definition) is 0. The van der Waals surface area contributed by atoms with Gasteiger partial charge in [0, 0.05) is 6.54 Å². The Balaban J connectivity index is 1.74. The molecule has 0 aromatic heterocycles. The first-order valence-electron chi connectivity index (χ1n) is 10.4. The molecule has 0 N–H and O–H groups in total. The molecular formula is C24H26ClNO4S2. The number of rotatable bonds is 9. The quantitative estimate of drug-likeness (QED) is 0.242. The van der Waals surface area contributed by atoms with E-state index < -0.39 is 0 Å². The van der Waals surface area contributed by atoms with Gasteiger partial charge >= 0.3 is 0 Å². The van der Waals surface area contributed by atoms with E-state index in [0.29, 0.717) is 52.1 Å². The number of thioether (sulfide) groups is 1. The summed E-state index contributed by atoms with van der Waals surface area (Å²) in [5, 5.41) is 0.403. The summed E-state index contributed by atoms with van der Waals surface area (Å²) in [5.74, 6) is 1.74. The van der Waals surface area contributed by atoms with Crippen molar-refractivity contribution in [3.63, 3.8) is 0 Å². The number of carbonyl (C=O) groups is 1. The number of carbonyl (C=O) groups excluding carboxylic acids is 1. The van der Waals surface area contributed by atoms with E-state index >= 15 is 0 Å². The van der Waals surface area contributed by atoms with Crippen LogP contribution in [0.1, 0.15) is 30.5 Å². The summed E-state index contributed by atoms with van der Waals surface area (Å²) in [5.41, 5.74) is 2.90. The number of halogens is 1. The van der Waals surface area contributed by atoms with E-state index in [4.69, 9.17) is 38.0 Å². The zero-order chi connectivity index (χ0) is 23.3. The van der Waals surface area contributed by atoms with Gasteiger partial charge in [-0.2, -0.15) is 0 Å². The predicted molar refractivity (Wildman–Crippen MR) is 135 cm³/mol. The molecule has 5 nitrogen and oxygen atoms in total. The molecule has 8 heteroatoms. The third-order valence-electron chi connectivity index (χ3n) is 4.80. The van der Waals surface area contributed by atoms with Gasteiger partial charge < -0.3 is 14.2 Å². The summed E-state index contributed by atoms with van der Waals surface area (Å²) in [6, 6.07) is 9.60. The molecule has 0 aliphatic carbocycles. The Kier molecular flexibility index (Phi) is 8.45. The standard InChI is InChI=1S/C24H26ClNO4S2/c1-5-26-23(27)20(32-24(26)31)14-17-12-18(25)22(19(13-17)28-6-2)30-11-10-29-21-15(3)8-7-9-16(21)4/h7-9,12-14H,5-6,10-11H2,1-4H3/b20-14-. The highest BCUT2D eigenvalue weighted by Gasteiger charge is 2.30. The first-order chi connectivity index (χ1) is 15.3. The monoisotopic (exact) mass is 491 g/mol. The second-order valence-electron chi connectivity index (χ2n) is 7.11. The van der Waals surface area contributed by atoms with Crippen LogP contribution in [0.2, 0.25) is 5.02 Å². The van der Waals surface area contributed by atoms with Crippen molar-refractivity contribution in [2.45, 2.75) is 27.7 Å². The lowest BCUT2D eigenvalue weighted by Gasteiger charge is -2.16. The largest absolute Gasteiger partial charge is 0.490 e. The summed E-state index contributed by atoms with van der Waals surface area (Å²) in [7, 11) is 0. The average Bonchev–Trinajstić information content (AvgIpc) is 3.01. The number of amides is 1. The highest BCUT2D eigenvalue weighted by molar-refractivity contribution is 8.26. The Labute approximate surface area is 203 Å². The van der Waals surface area contributed by atoms with Crippen LogP contribution in [-0.2, 0) is 4.79 Å². The van der Waals surface area contributed by atoms with Gasteiger partial charge in [-0.15, -0.1) is 0 Å². The highest BCUT2D eigenvalue weighted by Crippen LogP contribution is 2.39. The molecule has 1 aliphatic rings. The van der Waals surface area contributed by atoms with Gasteiger partial charge in [0.2, 0.25) is 0 Å². The molecule has 0 saturated carbocycles. The van der Waals surface area contributed by atoms with E-state index in [-0.39, 0.29) is 5.91 Å². The first-order valence-corrected chi connectivity index (χ1v) is 12.0. The van der Waals surface area contributed by atoms with Gasteiger partial charge in [0.05, 0.1) is 16.5 Å². The molecule has 0 unspecified atom stereocenters. The van der Waals surface area contributed by atoms with Crippen LogP contribution in [0.15, 0.2) is 35.2 Å². The van der Waals surface area contributed by atoms with E-state index in [0.717, 1.165) is 22.4 Å². The molecule has 32 heavy (non-hydrogen) atoms. The van der Waals surface area contributed by atoms with E-state index in [2.05, 4.69) is 0 Å². The lowest BCUT2D eigenvalue weighted by molar-refractivity contribution is -0.121. The first kappa shape index (κ1) is 24.4. The van der Waals surface area contributed by atoms with E-state index in [1.807, 2.05) is 52.0 Å². The van der Waals surface area contributed by atoms with Crippen molar-refractivity contribution in [2.75, 3.05) is 26.4 Å². The van der Waals surface area contributed by atoms with Gasteiger partial charge in [-0.25, -0.2) is 0 Å². The lowest BCUT2D eigenvalue weighted by Crippen LogP contribution is -2.27. The molecule has 1 amide bonds. The lowest BCUT2D eigenvalue weighted by atomic mass is 10.1. The number of hydrogen-bond acceptors (Lipinski definition) is 6. The van der Waals surface area contributed by atoms with Crippen LogP contribution in [0.5, 0.6) is 17.2 Å². The maximum Gasteiger partial charge on any atom is 0.266 e. The Morgan fingerprint density at radius 1 is 1.06 bits per heavy atom. The average molecular weight is 492 g/mol. The van der Waals surface area contributed by atoms with Crippen LogP contribution >= 0.6 is 35.6 Å². The zero-order valence-electron chi connectivity index (χ0n) is 18.6. The van der Waals surface area contributed by atoms with Gasteiger partial charge in [-0.1, -0.05) is 53.8 Å². The Morgan fingerprint density at radius 2 is 1.72 bits per heavy atom. The van der Waals surface area contributed by atoms with Crippen molar-refractivity contribution in [2.24, 2.45) is 0 Å². The van der Waals surface area contributed by atoms with Crippen molar-refractivity contribution < 1.29 is 19.0 Å². The molecule has 1 saturated heterocycles. The summed E-state index contributed by atoms with van der Waals surface area (Å²) in [6.45, 7) is 9.49. The molecule has 3 rings (SSSR count). The Hall–Kier alpha value is -2.22. The maximum atomic E-state index is 12.5. The van der Waals surface area contributed by atoms with Crippen molar-refractivity contribution >= 4 is 51.9 Å². The number of benzene rings is 2. The van der Waals surface area contributed by atoms with Crippen molar-refractivity contribution in [3.05, 3.63) is 56.9 Å². The molecule has 1 fully saturated rings. The van der Waals surface area contributed by atoms with Gasteiger partial charge in [-0.3, -0.25) is 9.69 Å². The molecule has 2 aromatic rings. The van der Waals surface area contributed by atoms with Crippen molar-refractivity contribution in [3.8, 4) is 17.2 Å². The van der Waals surface area contributed by atoms with Gasteiger partial charge in [0.25, 0.3) is 5.91 Å². The van der Waals surface area contributed by atoms with Crippen molar-refractivity contribution in [1.82, 2.24) is 4.90 Å². The smallest absolute Gasteiger partial charge is 0.266 e. The number of thiocarbonyl (C=S) groups is 1. The molecule has 0 bridgehead atoms. The topological polar surface area (TPSA) is 48.0 Å². The minimum absolute atomic E-state index is 0.0967. The molecule has 170 valence electrons.